The molecule has 1 saturated heterocycles. The summed E-state index contributed by atoms with van der Waals surface area (Å²) in [5.41, 5.74) is 0.873. The van der Waals surface area contributed by atoms with E-state index in [0.29, 0.717) is 16.3 Å². The van der Waals surface area contributed by atoms with E-state index >= 15 is 0 Å². The zero-order valence-corrected chi connectivity index (χ0v) is 15.6. The van der Waals surface area contributed by atoms with Crippen molar-refractivity contribution in [1.82, 2.24) is 10.2 Å². The first-order valence-corrected chi connectivity index (χ1v) is 8.31. The van der Waals surface area contributed by atoms with E-state index in [4.69, 9.17) is 4.42 Å². The van der Waals surface area contributed by atoms with Gasteiger partial charge >= 0.3 is 0 Å². The second-order valence-electron chi connectivity index (χ2n) is 5.78. The molecular weight excluding hydrogens is 398 g/mol. The number of non-ortho nitro benzene ring substituents is 1. The highest BCUT2D eigenvalue weighted by atomic mass is 79.9. The Bertz CT molecular complexity index is 722. The number of hydrogen-bond donors (Lipinski definition) is 1. The van der Waals surface area contributed by atoms with Crippen molar-refractivity contribution in [3.8, 4) is 11.3 Å². The van der Waals surface area contributed by atoms with Crippen LogP contribution in [0.5, 0.6) is 0 Å². The third-order valence-electron chi connectivity index (χ3n) is 3.92. The third kappa shape index (κ3) is 4.36. The van der Waals surface area contributed by atoms with Crippen LogP contribution in [0, 0.1) is 10.1 Å². The summed E-state index contributed by atoms with van der Waals surface area (Å²) in [5, 5.41) is 14.2. The predicted molar refractivity (Wildman–Crippen MR) is 98.5 cm³/mol. The number of nitro benzene ring substituents is 1. The Balaban J connectivity index is 0.00000208. The highest BCUT2D eigenvalue weighted by Gasteiger charge is 2.18. The van der Waals surface area contributed by atoms with Crippen LogP contribution in [0.3, 0.4) is 0 Å². The molecule has 1 aliphatic heterocycles. The summed E-state index contributed by atoms with van der Waals surface area (Å²) < 4.78 is 6.58. The fraction of sp³-hybridized carbons (Fsp3) is 0.375. The summed E-state index contributed by atoms with van der Waals surface area (Å²) >= 11 is 3.38. The number of nitrogens with one attached hydrogen (secondary N) is 1. The second-order valence-corrected chi connectivity index (χ2v) is 6.63. The molecule has 1 aromatic heterocycles. The highest BCUT2D eigenvalue weighted by molar-refractivity contribution is 9.10. The fourth-order valence-electron chi connectivity index (χ4n) is 2.80. The number of halogens is 2. The van der Waals surface area contributed by atoms with Gasteiger partial charge in [0.05, 0.1) is 11.5 Å². The van der Waals surface area contributed by atoms with Crippen molar-refractivity contribution >= 4 is 34.0 Å². The molecule has 24 heavy (non-hydrogen) atoms. The minimum absolute atomic E-state index is 0. The average molecular weight is 417 g/mol. The fourth-order valence-corrected chi connectivity index (χ4v) is 3.36. The molecule has 130 valence electrons. The van der Waals surface area contributed by atoms with E-state index in [1.54, 1.807) is 6.07 Å². The first kappa shape index (κ1) is 18.9. The summed E-state index contributed by atoms with van der Waals surface area (Å²) in [7, 11) is 0. The van der Waals surface area contributed by atoms with Gasteiger partial charge in [0.2, 0.25) is 0 Å². The van der Waals surface area contributed by atoms with Gasteiger partial charge in [0.25, 0.3) is 5.69 Å². The molecule has 0 radical (unpaired) electrons. The summed E-state index contributed by atoms with van der Waals surface area (Å²) in [4.78, 5) is 12.8. The Hall–Kier alpha value is -1.41. The quantitative estimate of drug-likeness (QED) is 0.606. The van der Waals surface area contributed by atoms with Crippen LogP contribution in [-0.4, -0.2) is 35.5 Å². The Morgan fingerprint density at radius 1 is 1.42 bits per heavy atom. The molecule has 1 aromatic carbocycles. The number of benzene rings is 1. The topological polar surface area (TPSA) is 71.5 Å². The summed E-state index contributed by atoms with van der Waals surface area (Å²) in [5.74, 6) is 1.62. The Morgan fingerprint density at radius 2 is 2.21 bits per heavy atom. The molecule has 1 aliphatic rings. The minimum Gasteiger partial charge on any atom is -0.460 e. The summed E-state index contributed by atoms with van der Waals surface area (Å²) in [6.07, 6.45) is 0. The van der Waals surface area contributed by atoms with E-state index in [0.717, 1.165) is 37.5 Å². The number of rotatable bonds is 4. The number of nitrogens with zero attached hydrogens (tertiary/aromatic N) is 2. The second kappa shape index (κ2) is 8.11. The molecule has 0 bridgehead atoms. The van der Waals surface area contributed by atoms with Gasteiger partial charge in [-0.2, -0.15) is 0 Å². The smallest absolute Gasteiger partial charge is 0.270 e. The van der Waals surface area contributed by atoms with Crippen LogP contribution in [0.15, 0.2) is 39.2 Å². The maximum absolute atomic E-state index is 10.8. The SMILES string of the molecule is CC1CN(Cc2ccc(-c3ccc([N+](=O)[O-])cc3Br)o2)CCN1.Cl. The van der Waals surface area contributed by atoms with Gasteiger partial charge < -0.3 is 9.73 Å². The van der Waals surface area contributed by atoms with E-state index in [2.05, 4.69) is 33.1 Å². The average Bonchev–Trinajstić information content (AvgIpc) is 2.95. The first-order valence-electron chi connectivity index (χ1n) is 7.51. The van der Waals surface area contributed by atoms with Crippen molar-refractivity contribution < 1.29 is 9.34 Å². The van der Waals surface area contributed by atoms with Gasteiger partial charge in [0.15, 0.2) is 0 Å². The number of furan rings is 1. The third-order valence-corrected chi connectivity index (χ3v) is 4.58. The van der Waals surface area contributed by atoms with Crippen molar-refractivity contribution in [2.75, 3.05) is 19.6 Å². The van der Waals surface area contributed by atoms with Gasteiger partial charge in [-0.25, -0.2) is 0 Å². The molecule has 2 heterocycles. The molecule has 2 aromatic rings. The highest BCUT2D eigenvalue weighted by Crippen LogP contribution is 2.32. The maximum Gasteiger partial charge on any atom is 0.270 e. The van der Waals surface area contributed by atoms with Crippen LogP contribution in [0.2, 0.25) is 0 Å². The lowest BCUT2D eigenvalue weighted by atomic mass is 10.1. The lowest BCUT2D eigenvalue weighted by Gasteiger charge is -2.31. The zero-order valence-electron chi connectivity index (χ0n) is 13.2. The summed E-state index contributed by atoms with van der Waals surface area (Å²) in [6, 6.07) is 9.05. The minimum atomic E-state index is -0.409. The first-order chi connectivity index (χ1) is 11.0. The van der Waals surface area contributed by atoms with E-state index in [9.17, 15) is 10.1 Å². The number of piperazine rings is 1. The Morgan fingerprint density at radius 3 is 2.88 bits per heavy atom. The number of nitro groups is 1. The van der Waals surface area contributed by atoms with E-state index in [-0.39, 0.29) is 18.1 Å². The van der Waals surface area contributed by atoms with Gasteiger partial charge in [-0.15, -0.1) is 12.4 Å². The molecule has 0 aliphatic carbocycles. The number of hydrogen-bond acceptors (Lipinski definition) is 5. The molecule has 1 N–H and O–H groups in total. The molecule has 1 fully saturated rings. The lowest BCUT2D eigenvalue weighted by Crippen LogP contribution is -2.48. The van der Waals surface area contributed by atoms with Crippen LogP contribution in [0.25, 0.3) is 11.3 Å². The Labute approximate surface area is 154 Å². The van der Waals surface area contributed by atoms with Crippen molar-refractivity contribution in [3.05, 3.63) is 50.7 Å². The van der Waals surface area contributed by atoms with Crippen molar-refractivity contribution in [2.24, 2.45) is 0 Å². The summed E-state index contributed by atoms with van der Waals surface area (Å²) in [6.45, 7) is 5.94. The van der Waals surface area contributed by atoms with Crippen LogP contribution in [-0.2, 0) is 6.54 Å². The molecule has 6 nitrogen and oxygen atoms in total. The molecule has 1 unspecified atom stereocenters. The van der Waals surface area contributed by atoms with Crippen LogP contribution < -0.4 is 5.32 Å². The molecular formula is C16H19BrClN3O3. The zero-order chi connectivity index (χ0) is 16.4. The molecule has 0 spiro atoms. The maximum atomic E-state index is 10.8. The molecule has 0 saturated carbocycles. The lowest BCUT2D eigenvalue weighted by molar-refractivity contribution is -0.384. The Kier molecular flexibility index (Phi) is 6.40. The molecule has 1 atom stereocenters. The van der Waals surface area contributed by atoms with Crippen molar-refractivity contribution in [3.63, 3.8) is 0 Å². The van der Waals surface area contributed by atoms with E-state index in [1.165, 1.54) is 12.1 Å². The largest absolute Gasteiger partial charge is 0.460 e. The predicted octanol–water partition coefficient (Wildman–Crippen LogP) is 3.83. The van der Waals surface area contributed by atoms with Gasteiger partial charge in [-0.3, -0.25) is 15.0 Å². The van der Waals surface area contributed by atoms with Crippen LogP contribution in [0.4, 0.5) is 5.69 Å². The van der Waals surface area contributed by atoms with Crippen LogP contribution in [0.1, 0.15) is 12.7 Å². The van der Waals surface area contributed by atoms with Gasteiger partial charge in [-0.1, -0.05) is 0 Å². The molecule has 8 heteroatoms. The van der Waals surface area contributed by atoms with Gasteiger partial charge in [0, 0.05) is 47.8 Å². The van der Waals surface area contributed by atoms with Crippen LogP contribution >= 0.6 is 28.3 Å². The van der Waals surface area contributed by atoms with E-state index in [1.807, 2.05) is 12.1 Å². The standard InChI is InChI=1S/C16H18BrN3O3.ClH/c1-11-9-19(7-6-18-11)10-13-3-5-16(23-13)14-4-2-12(20(21)22)8-15(14)17;/h2-5,8,11,18H,6-7,9-10H2,1H3;1H. The monoisotopic (exact) mass is 415 g/mol. The van der Waals surface area contributed by atoms with Gasteiger partial charge in [-0.05, 0) is 41.1 Å². The van der Waals surface area contributed by atoms with E-state index < -0.39 is 4.92 Å². The molecule has 0 amide bonds. The van der Waals surface area contributed by atoms with Crippen molar-refractivity contribution in [2.45, 2.75) is 19.5 Å². The molecule has 3 rings (SSSR count). The van der Waals surface area contributed by atoms with Crippen molar-refractivity contribution in [1.29, 1.82) is 0 Å². The normalized spacial score (nSPS) is 18.2. The van der Waals surface area contributed by atoms with Gasteiger partial charge in [0.1, 0.15) is 11.5 Å².